The zero-order valence-corrected chi connectivity index (χ0v) is 7.58. The van der Waals surface area contributed by atoms with Gasteiger partial charge in [-0.05, 0) is 6.92 Å². The van der Waals surface area contributed by atoms with Crippen molar-refractivity contribution in [3.8, 4) is 0 Å². The van der Waals surface area contributed by atoms with Crippen LogP contribution in [0.15, 0.2) is 0 Å². The van der Waals surface area contributed by atoms with Crippen molar-refractivity contribution in [2.75, 3.05) is 6.61 Å². The first-order chi connectivity index (χ1) is 6.41. The summed E-state index contributed by atoms with van der Waals surface area (Å²) in [6.45, 7) is -1.02. The van der Waals surface area contributed by atoms with Crippen molar-refractivity contribution in [3.05, 3.63) is 0 Å². The molecule has 1 heterocycles. The Balaban J connectivity index is 0.00000225. The fraction of sp³-hybridized carbons (Fsp3) is 1.00. The van der Waals surface area contributed by atoms with Gasteiger partial charge in [0.1, 0.15) is 6.61 Å². The summed E-state index contributed by atoms with van der Waals surface area (Å²) in [5, 5.41) is 0. The van der Waals surface area contributed by atoms with Gasteiger partial charge in [-0.3, -0.25) is 9.44 Å². The molecule has 0 aliphatic carbocycles. The van der Waals surface area contributed by atoms with Crippen molar-refractivity contribution in [2.45, 2.75) is 30.9 Å². The van der Waals surface area contributed by atoms with Crippen molar-refractivity contribution in [1.82, 2.24) is 0 Å². The monoisotopic (exact) mass is 262 g/mol. The van der Waals surface area contributed by atoms with Gasteiger partial charge in [-0.25, -0.2) is 4.39 Å². The van der Waals surface area contributed by atoms with Gasteiger partial charge in [0.05, 0.1) is 0 Å². The zero-order valence-electron chi connectivity index (χ0n) is 7.58. The molecular weight excluding hydrogens is 256 g/mol. The fourth-order valence-corrected chi connectivity index (χ4v) is 1.03. The van der Waals surface area contributed by atoms with Gasteiger partial charge >= 0.3 is 18.1 Å². The summed E-state index contributed by atoms with van der Waals surface area (Å²) in [6.07, 6.45) is -11.8. The van der Waals surface area contributed by atoms with Crippen LogP contribution in [0, 0.1) is 0 Å². The largest absolute Gasteiger partial charge is 0.453 e. The second kappa shape index (κ2) is 3.69. The summed E-state index contributed by atoms with van der Waals surface area (Å²) in [7, 11) is 0. The Morgan fingerprint density at radius 2 is 1.38 bits per heavy atom. The number of hydrogen-bond donors (Lipinski definition) is 0. The molecule has 16 heavy (non-hydrogen) atoms. The van der Waals surface area contributed by atoms with E-state index in [9.17, 15) is 30.7 Å². The Bertz CT molecular complexity index is 240. The van der Waals surface area contributed by atoms with Crippen LogP contribution in [0.5, 0.6) is 0 Å². The maximum atomic E-state index is 12.8. The van der Waals surface area contributed by atoms with E-state index in [1.54, 1.807) is 0 Å². The Labute approximate surface area is 83.7 Å². The maximum absolute atomic E-state index is 12.8. The van der Waals surface area contributed by atoms with Crippen molar-refractivity contribution in [2.24, 2.45) is 0 Å². The summed E-state index contributed by atoms with van der Waals surface area (Å²) in [6, 6.07) is 0. The molecule has 1 fully saturated rings. The number of halogens is 8. The quantitative estimate of drug-likeness (QED) is 0.625. The van der Waals surface area contributed by atoms with Crippen LogP contribution in [0.3, 0.4) is 0 Å². The molecule has 0 aromatic heterocycles. The molecule has 98 valence electrons. The number of alkyl halides is 7. The number of hydrogen-bond acceptors (Lipinski definition) is 2. The molecule has 0 spiro atoms. The van der Waals surface area contributed by atoms with Crippen LogP contribution >= 0.6 is 0 Å². The first kappa shape index (κ1) is 15.4. The van der Waals surface area contributed by atoms with Crippen LogP contribution in [-0.4, -0.2) is 30.6 Å². The fourth-order valence-electron chi connectivity index (χ4n) is 1.03. The highest BCUT2D eigenvalue weighted by molar-refractivity contribution is 4.93. The topological polar surface area (TPSA) is 18.5 Å². The summed E-state index contributed by atoms with van der Waals surface area (Å²) in [5.74, 6) is -7.99. The molecule has 0 amide bonds. The van der Waals surface area contributed by atoms with Crippen molar-refractivity contribution >= 4 is 0 Å². The lowest BCUT2D eigenvalue weighted by atomic mass is 10.2. The average Bonchev–Trinajstić information content (AvgIpc) is 2.23. The van der Waals surface area contributed by atoms with Crippen LogP contribution in [0.1, 0.15) is 6.92 Å². The lowest BCUT2D eigenvalue weighted by molar-refractivity contribution is -0.452. The smallest absolute Gasteiger partial charge is 0.329 e. The standard InChI is InChI=1S/C6H5F7O2.FH/c1-3(7)2-14-4(15-3,5(8,9)10)6(11,12)13;/h2H2,1H3;1H. The first-order valence-electron chi connectivity index (χ1n) is 3.58. The molecule has 0 N–H and O–H groups in total. The molecule has 0 radical (unpaired) electrons. The molecule has 2 nitrogen and oxygen atoms in total. The highest BCUT2D eigenvalue weighted by atomic mass is 19.4. The summed E-state index contributed by atoms with van der Waals surface area (Å²) >= 11 is 0. The molecule has 0 aromatic carbocycles. The van der Waals surface area contributed by atoms with E-state index in [4.69, 9.17) is 0 Å². The van der Waals surface area contributed by atoms with Gasteiger partial charge in [0, 0.05) is 0 Å². The van der Waals surface area contributed by atoms with E-state index in [1.165, 1.54) is 0 Å². The molecule has 1 unspecified atom stereocenters. The van der Waals surface area contributed by atoms with Gasteiger partial charge in [-0.2, -0.15) is 26.3 Å². The molecule has 1 saturated heterocycles. The van der Waals surface area contributed by atoms with Gasteiger partial charge in [0.25, 0.3) is 0 Å². The van der Waals surface area contributed by atoms with Crippen LogP contribution in [0.2, 0.25) is 0 Å². The Morgan fingerprint density at radius 1 is 1.00 bits per heavy atom. The van der Waals surface area contributed by atoms with E-state index in [-0.39, 0.29) is 4.70 Å². The second-order valence-electron chi connectivity index (χ2n) is 3.10. The second-order valence-corrected chi connectivity index (χ2v) is 3.10. The third kappa shape index (κ3) is 2.21. The maximum Gasteiger partial charge on any atom is 0.453 e. The minimum absolute atomic E-state index is 0. The van der Waals surface area contributed by atoms with Crippen molar-refractivity contribution in [3.63, 3.8) is 0 Å². The van der Waals surface area contributed by atoms with Gasteiger partial charge < -0.3 is 4.74 Å². The molecule has 10 heteroatoms. The summed E-state index contributed by atoms with van der Waals surface area (Å²) in [4.78, 5) is 0. The molecule has 0 saturated carbocycles. The zero-order chi connectivity index (χ0) is 12.1. The SMILES string of the molecule is CC1(F)COC(C(F)(F)F)(C(F)(F)F)O1.F. The lowest BCUT2D eigenvalue weighted by Crippen LogP contribution is -2.58. The predicted molar refractivity (Wildman–Crippen MR) is 33.9 cm³/mol. The highest BCUT2D eigenvalue weighted by Crippen LogP contribution is 2.52. The Kier molecular flexibility index (Phi) is 3.54. The van der Waals surface area contributed by atoms with Gasteiger partial charge in [0.15, 0.2) is 0 Å². The van der Waals surface area contributed by atoms with Crippen LogP contribution < -0.4 is 0 Å². The van der Waals surface area contributed by atoms with E-state index in [1.807, 2.05) is 0 Å². The van der Waals surface area contributed by atoms with Crippen molar-refractivity contribution in [1.29, 1.82) is 0 Å². The molecule has 1 rings (SSSR count). The molecule has 1 aliphatic rings. The Morgan fingerprint density at radius 3 is 1.50 bits per heavy atom. The van der Waals surface area contributed by atoms with E-state index in [2.05, 4.69) is 9.47 Å². The third-order valence-electron chi connectivity index (χ3n) is 1.64. The van der Waals surface area contributed by atoms with E-state index in [0.29, 0.717) is 6.92 Å². The van der Waals surface area contributed by atoms with E-state index < -0.39 is 30.6 Å². The predicted octanol–water partition coefficient (Wildman–Crippen LogP) is 2.69. The molecule has 1 atom stereocenters. The summed E-state index contributed by atoms with van der Waals surface area (Å²) < 4.78 is 92.3. The van der Waals surface area contributed by atoms with Crippen LogP contribution in [0.4, 0.5) is 35.4 Å². The molecule has 0 bridgehead atoms. The van der Waals surface area contributed by atoms with Crippen molar-refractivity contribution < 1.29 is 44.9 Å². The van der Waals surface area contributed by atoms with Gasteiger partial charge in [0.2, 0.25) is 5.85 Å². The number of rotatable bonds is 0. The van der Waals surface area contributed by atoms with E-state index in [0.717, 1.165) is 0 Å². The summed E-state index contributed by atoms with van der Waals surface area (Å²) in [5.41, 5.74) is 0. The van der Waals surface area contributed by atoms with E-state index >= 15 is 0 Å². The normalized spacial score (nSPS) is 30.0. The third-order valence-corrected chi connectivity index (χ3v) is 1.64. The lowest BCUT2D eigenvalue weighted by Gasteiger charge is -2.31. The average molecular weight is 262 g/mol. The van der Waals surface area contributed by atoms with Gasteiger partial charge in [-0.15, -0.1) is 0 Å². The highest BCUT2D eigenvalue weighted by Gasteiger charge is 2.79. The molecular formula is C6H6F8O2. The van der Waals surface area contributed by atoms with Gasteiger partial charge in [-0.1, -0.05) is 0 Å². The number of ether oxygens (including phenoxy) is 2. The minimum Gasteiger partial charge on any atom is -0.329 e. The Hall–Kier alpha value is -0.640. The van der Waals surface area contributed by atoms with Crippen LogP contribution in [0.25, 0.3) is 0 Å². The molecule has 0 aromatic rings. The molecule has 1 aliphatic heterocycles. The van der Waals surface area contributed by atoms with Crippen LogP contribution in [-0.2, 0) is 9.47 Å². The first-order valence-corrected chi connectivity index (χ1v) is 3.58. The minimum atomic E-state index is -5.89.